The van der Waals surface area contributed by atoms with E-state index in [1.807, 2.05) is 20.8 Å². The van der Waals surface area contributed by atoms with Crippen molar-refractivity contribution in [2.24, 2.45) is 130 Å². The van der Waals surface area contributed by atoms with Crippen LogP contribution in [0.1, 0.15) is 157 Å². The van der Waals surface area contributed by atoms with Crippen LogP contribution < -0.4 is 0 Å². The predicted molar refractivity (Wildman–Crippen MR) is 288 cm³/mol. The first-order valence-electron chi connectivity index (χ1n) is 32.8. The normalized spacial score (nSPS) is 45.6. The third-order valence-corrected chi connectivity index (χ3v) is 26.8. The van der Waals surface area contributed by atoms with Gasteiger partial charge in [0.25, 0.3) is 5.60 Å². The first kappa shape index (κ1) is 65.7. The minimum Gasteiger partial charge on any atom is -0.458 e. The van der Waals surface area contributed by atoms with Crippen molar-refractivity contribution >= 4 is 35.8 Å². The third-order valence-electron chi connectivity index (χ3n) is 26.8. The topological polar surface area (TPSA) is 178 Å². The molecule has 18 atom stereocenters. The van der Waals surface area contributed by atoms with Crippen molar-refractivity contribution < 1.29 is 115 Å². The number of aliphatic hydroxyl groups is 1. The molecule has 0 amide bonds. The minimum atomic E-state index is -5.69. The Balaban J connectivity index is 0.000000136. The monoisotopic (exact) mass is 1300 g/mol. The van der Waals surface area contributed by atoms with Crippen LogP contribution >= 0.6 is 0 Å². The lowest BCUT2D eigenvalue weighted by Crippen LogP contribution is -2.60. The summed E-state index contributed by atoms with van der Waals surface area (Å²) in [5, 5.41) is 9.28. The van der Waals surface area contributed by atoms with Gasteiger partial charge < -0.3 is 33.5 Å². The molecular weight excluding hydrogens is 1220 g/mol. The molecule has 18 unspecified atom stereocenters. The van der Waals surface area contributed by atoms with Gasteiger partial charge >= 0.3 is 60.5 Å². The maximum absolute atomic E-state index is 13.8. The van der Waals surface area contributed by atoms with Crippen molar-refractivity contribution in [3.05, 3.63) is 12.2 Å². The highest BCUT2D eigenvalue weighted by Gasteiger charge is 2.75. The van der Waals surface area contributed by atoms with Gasteiger partial charge in [-0.3, -0.25) is 24.0 Å². The van der Waals surface area contributed by atoms with Crippen LogP contribution in [0.2, 0.25) is 0 Å². The first-order chi connectivity index (χ1) is 41.8. The summed E-state index contributed by atoms with van der Waals surface area (Å²) in [6.45, 7) is 12.9. The molecule has 90 heavy (non-hydrogen) atoms. The van der Waals surface area contributed by atoms with E-state index in [9.17, 15) is 86.6 Å². The lowest BCUT2D eigenvalue weighted by molar-refractivity contribution is -0.373. The lowest BCUT2D eigenvalue weighted by atomic mass is 9.49. The van der Waals surface area contributed by atoms with E-state index >= 15 is 0 Å². The van der Waals surface area contributed by atoms with E-state index in [4.69, 9.17) is 28.4 Å². The van der Waals surface area contributed by atoms with Crippen LogP contribution in [0.4, 0.5) is 52.7 Å². The Labute approximate surface area is 514 Å². The molecule has 14 aliphatic carbocycles. The Morgan fingerprint density at radius 3 is 1.28 bits per heavy atom. The molecule has 0 radical (unpaired) electrons. The molecule has 16 fully saturated rings. The van der Waals surface area contributed by atoms with Gasteiger partial charge in [-0.25, -0.2) is 4.79 Å². The summed E-state index contributed by atoms with van der Waals surface area (Å²) >= 11 is 0. The van der Waals surface area contributed by atoms with Gasteiger partial charge in [0.2, 0.25) is 0 Å². The van der Waals surface area contributed by atoms with Gasteiger partial charge in [-0.2, -0.15) is 52.7 Å². The Hall–Kier alpha value is -4.32. The van der Waals surface area contributed by atoms with Crippen molar-refractivity contribution in [1.29, 1.82) is 0 Å². The number of rotatable bonds is 13. The first-order valence-corrected chi connectivity index (χ1v) is 32.8. The second-order valence-electron chi connectivity index (χ2n) is 30.4. The maximum atomic E-state index is 13.8. The number of carbonyl (C=O) groups excluding carboxylic acids is 6. The smallest absolute Gasteiger partial charge is 0.426 e. The summed E-state index contributed by atoms with van der Waals surface area (Å²) in [6, 6.07) is 0. The zero-order valence-corrected chi connectivity index (χ0v) is 51.3. The Bertz CT molecular complexity index is 2810. The number of alkyl halides is 12. The molecule has 0 aromatic carbocycles. The Kier molecular flexibility index (Phi) is 16.2. The second kappa shape index (κ2) is 22.1. The molecule has 2 heterocycles. The van der Waals surface area contributed by atoms with Gasteiger partial charge in [0.15, 0.2) is 5.41 Å². The van der Waals surface area contributed by atoms with E-state index in [1.54, 1.807) is 0 Å². The number of carbonyl (C=O) groups is 6. The van der Waals surface area contributed by atoms with Crippen LogP contribution in [0, 0.1) is 130 Å². The van der Waals surface area contributed by atoms with Crippen LogP contribution in [0.15, 0.2) is 12.2 Å². The van der Waals surface area contributed by atoms with Gasteiger partial charge in [-0.05, 0) is 199 Å². The molecule has 504 valence electrons. The minimum absolute atomic E-state index is 0.115. The molecule has 0 spiro atoms. The molecular formula is C65H82F12O13. The number of esters is 6. The van der Waals surface area contributed by atoms with Gasteiger partial charge in [0.05, 0.1) is 23.7 Å². The summed E-state index contributed by atoms with van der Waals surface area (Å²) in [7, 11) is 0. The zero-order valence-electron chi connectivity index (χ0n) is 51.3. The summed E-state index contributed by atoms with van der Waals surface area (Å²) in [4.78, 5) is 77.9. The molecule has 2 aliphatic heterocycles. The van der Waals surface area contributed by atoms with Crippen LogP contribution in [-0.2, 0) is 57.2 Å². The van der Waals surface area contributed by atoms with E-state index in [0.29, 0.717) is 91.8 Å². The molecule has 1 N–H and O–H groups in total. The molecule has 13 nitrogen and oxygen atoms in total. The standard InChI is InChI=1S/C27H35F3O6.C25H29F3O6.C13H18F6O/c1-4-25(3,27(28,29)30)24(33)35-21-17-11-16-18(22(31)34-20(16)21)19(17)23(32)36-26(5-2)14-7-12-6-13(9-14)10-15(26)8-12;1-3-24(13-5-11-4-12(7-13)8-14(24)6-11)34-23(31)18-16-9-15-17(18)22(30)33-20(15)19(16)32-21(29)10(2)25(26,27)28;1-6-7(2)10-4-8(6)3-9(10)5-11(20,12(14,15)16)13(17,18)19/h12-21H,4-11H2,1-3H3;11-20H,2-9H2,1H3;6-10,20H,3-5H2,1-2H3. The number of hydrogen-bond acceptors (Lipinski definition) is 13. The summed E-state index contributed by atoms with van der Waals surface area (Å²) < 4.78 is 190. The van der Waals surface area contributed by atoms with Crippen LogP contribution in [0.3, 0.4) is 0 Å². The second-order valence-corrected chi connectivity index (χ2v) is 30.4. The zero-order chi connectivity index (χ0) is 65.4. The van der Waals surface area contributed by atoms with Crippen LogP contribution in [0.5, 0.6) is 0 Å². The average molecular weight is 1300 g/mol. The SMILES string of the molecule is C=C(C(=O)OC1C2CC3C1OC(=O)C3C2C(=O)OC1(CC)C2CC3CC(C2)CC1C3)C(F)(F)F.CC1C2CC(CC(O)(C(F)(F)F)C(F)(F)F)C(C2)C1C.CCC1(OC(=O)C2C3CC4C(OC(=O)C42)C3OC(=O)C(C)(CC)C(F)(F)F)C2CC3CC(C2)CC1C3. The number of halogens is 12. The highest BCUT2D eigenvalue weighted by atomic mass is 19.4. The van der Waals surface area contributed by atoms with Gasteiger partial charge in [-0.1, -0.05) is 41.2 Å². The summed E-state index contributed by atoms with van der Waals surface area (Å²) in [5.41, 5.74) is -9.96. The van der Waals surface area contributed by atoms with Crippen LogP contribution in [0.25, 0.3) is 0 Å². The molecule has 2 saturated heterocycles. The lowest BCUT2D eigenvalue weighted by Gasteiger charge is -2.60. The van der Waals surface area contributed by atoms with Crippen molar-refractivity contribution in [3.8, 4) is 0 Å². The van der Waals surface area contributed by atoms with Gasteiger partial charge in [0.1, 0.15) is 41.2 Å². The van der Waals surface area contributed by atoms with E-state index < -0.39 is 167 Å². The fourth-order valence-corrected chi connectivity index (χ4v) is 22.2. The third kappa shape index (κ3) is 10.0. The fourth-order valence-electron chi connectivity index (χ4n) is 22.2. The molecule has 16 aliphatic rings. The van der Waals surface area contributed by atoms with E-state index in [2.05, 4.69) is 13.5 Å². The van der Waals surface area contributed by atoms with Gasteiger partial charge in [0, 0.05) is 23.7 Å². The van der Waals surface area contributed by atoms with Crippen LogP contribution in [-0.4, -0.2) is 107 Å². The van der Waals surface area contributed by atoms with Crippen molar-refractivity contribution in [1.82, 2.24) is 0 Å². The quantitative estimate of drug-likeness (QED) is 0.0798. The molecule has 14 bridgehead atoms. The van der Waals surface area contributed by atoms with E-state index in [1.165, 1.54) is 19.8 Å². The average Bonchev–Trinajstić information content (AvgIpc) is 1.38. The highest BCUT2D eigenvalue weighted by Crippen LogP contribution is 2.67. The Morgan fingerprint density at radius 2 is 0.944 bits per heavy atom. The number of hydrogen-bond donors (Lipinski definition) is 1. The summed E-state index contributed by atoms with van der Waals surface area (Å²) in [6.07, 6.45) is -12.4. The molecule has 16 rings (SSSR count). The number of ether oxygens (including phenoxy) is 6. The Morgan fingerprint density at radius 1 is 0.544 bits per heavy atom. The van der Waals surface area contributed by atoms with E-state index in [0.717, 1.165) is 58.3 Å². The van der Waals surface area contributed by atoms with E-state index in [-0.39, 0.29) is 29.6 Å². The summed E-state index contributed by atoms with van der Waals surface area (Å²) in [5.74, 6) is -6.15. The van der Waals surface area contributed by atoms with Crippen molar-refractivity contribution in [2.75, 3.05) is 0 Å². The number of fused-ring (bicyclic) bond motifs is 4. The molecule has 25 heteroatoms. The fraction of sp³-hybridized carbons (Fsp3) is 0.877. The maximum Gasteiger partial charge on any atom is 0.426 e. The van der Waals surface area contributed by atoms with Crippen molar-refractivity contribution in [3.63, 3.8) is 0 Å². The molecule has 0 aromatic heterocycles. The predicted octanol–water partition coefficient (Wildman–Crippen LogP) is 13.0. The molecule has 14 saturated carbocycles. The van der Waals surface area contributed by atoms with Crippen molar-refractivity contribution in [2.45, 2.75) is 223 Å². The highest BCUT2D eigenvalue weighted by molar-refractivity contribution is 5.90. The largest absolute Gasteiger partial charge is 0.458 e. The van der Waals surface area contributed by atoms with Gasteiger partial charge in [-0.15, -0.1) is 0 Å². The molecule has 0 aromatic rings.